The van der Waals surface area contributed by atoms with E-state index in [9.17, 15) is 4.39 Å². The first kappa shape index (κ1) is 17.2. The molecule has 0 aliphatic carbocycles. The van der Waals surface area contributed by atoms with E-state index >= 15 is 0 Å². The summed E-state index contributed by atoms with van der Waals surface area (Å²) in [4.78, 5) is 4.26. The van der Waals surface area contributed by atoms with Gasteiger partial charge in [0, 0.05) is 11.1 Å². The molecule has 0 fully saturated rings. The maximum absolute atomic E-state index is 13.6. The number of rotatable bonds is 4. The summed E-state index contributed by atoms with van der Waals surface area (Å²) in [5, 5.41) is 7.98. The van der Waals surface area contributed by atoms with Crippen molar-refractivity contribution in [1.29, 1.82) is 0 Å². The Morgan fingerprint density at radius 2 is 1.95 bits per heavy atom. The monoisotopic (exact) mass is 344 g/mol. The highest BCUT2D eigenvalue weighted by molar-refractivity contribution is 6.35. The molecule has 0 spiro atoms. The van der Waals surface area contributed by atoms with E-state index in [0.717, 1.165) is 5.82 Å². The summed E-state index contributed by atoms with van der Waals surface area (Å²) in [6.45, 7) is 8.57. The second-order valence-electron chi connectivity index (χ2n) is 6.15. The van der Waals surface area contributed by atoms with Crippen molar-refractivity contribution < 1.29 is 4.39 Å². The lowest BCUT2D eigenvalue weighted by Gasteiger charge is -2.22. The Labute approximate surface area is 139 Å². The van der Waals surface area contributed by atoms with Crippen LogP contribution in [0.4, 0.5) is 4.39 Å². The van der Waals surface area contributed by atoms with Crippen LogP contribution in [0.3, 0.4) is 0 Å². The molecule has 0 aliphatic heterocycles. The zero-order valence-corrected chi connectivity index (χ0v) is 14.5. The molecule has 0 radical (unpaired) electrons. The number of nitrogens with one attached hydrogen (secondary N) is 1. The summed E-state index contributed by atoms with van der Waals surface area (Å²) >= 11 is 11.9. The van der Waals surface area contributed by atoms with Gasteiger partial charge in [-0.3, -0.25) is 0 Å². The van der Waals surface area contributed by atoms with Crippen LogP contribution in [0.2, 0.25) is 10.0 Å². The van der Waals surface area contributed by atoms with Gasteiger partial charge in [0.1, 0.15) is 18.0 Å². The second kappa shape index (κ2) is 6.52. The number of hydrogen-bond acceptors (Lipinski definition) is 3. The van der Waals surface area contributed by atoms with E-state index < -0.39 is 5.82 Å². The van der Waals surface area contributed by atoms with Crippen molar-refractivity contribution in [3.05, 3.63) is 45.7 Å². The van der Waals surface area contributed by atoms with Crippen molar-refractivity contribution >= 4 is 23.2 Å². The summed E-state index contributed by atoms with van der Waals surface area (Å²) in [5.74, 6) is 0.331. The first-order valence-electron chi connectivity index (χ1n) is 6.97. The normalized spacial score (nSPS) is 13.4. The van der Waals surface area contributed by atoms with Gasteiger partial charge in [0.25, 0.3) is 0 Å². The molecule has 2 aromatic rings. The fraction of sp³-hybridized carbons (Fsp3) is 0.467. The third-order valence-electron chi connectivity index (χ3n) is 3.33. The molecule has 4 nitrogen and oxygen atoms in total. The molecule has 22 heavy (non-hydrogen) atoms. The van der Waals surface area contributed by atoms with Gasteiger partial charge in [0.15, 0.2) is 0 Å². The van der Waals surface area contributed by atoms with Crippen LogP contribution >= 0.6 is 23.2 Å². The number of halogens is 3. The van der Waals surface area contributed by atoms with Crippen LogP contribution < -0.4 is 5.32 Å². The van der Waals surface area contributed by atoms with Gasteiger partial charge in [-0.25, -0.2) is 14.1 Å². The molecule has 2 rings (SSSR count). The smallest absolute Gasteiger partial charge is 0.142 e. The van der Waals surface area contributed by atoms with E-state index in [2.05, 4.69) is 36.2 Å². The first-order chi connectivity index (χ1) is 10.2. The third-order valence-corrected chi connectivity index (χ3v) is 3.94. The molecular formula is C15H19Cl2FN4. The van der Waals surface area contributed by atoms with E-state index in [1.54, 1.807) is 0 Å². The quantitative estimate of drug-likeness (QED) is 0.839. The second-order valence-corrected chi connectivity index (χ2v) is 6.96. The Morgan fingerprint density at radius 1 is 1.27 bits per heavy atom. The van der Waals surface area contributed by atoms with Crippen molar-refractivity contribution in [1.82, 2.24) is 20.1 Å². The van der Waals surface area contributed by atoms with Crippen LogP contribution in [-0.4, -0.2) is 14.8 Å². The van der Waals surface area contributed by atoms with Crippen molar-refractivity contribution in [2.75, 3.05) is 0 Å². The van der Waals surface area contributed by atoms with Crippen molar-refractivity contribution in [3.8, 4) is 0 Å². The summed E-state index contributed by atoms with van der Waals surface area (Å²) in [5.41, 5.74) is 0.506. The average molecular weight is 345 g/mol. The Kier molecular flexibility index (Phi) is 5.10. The van der Waals surface area contributed by atoms with Crippen LogP contribution in [0, 0.1) is 5.82 Å². The third kappa shape index (κ3) is 3.77. The SMILES string of the molecule is CC(NCc1ncnn1C(C)(C)C)c1cc(F)c(Cl)cc1Cl. The minimum Gasteiger partial charge on any atom is -0.303 e. The van der Waals surface area contributed by atoms with E-state index in [1.165, 1.54) is 18.5 Å². The summed E-state index contributed by atoms with van der Waals surface area (Å²) < 4.78 is 15.5. The van der Waals surface area contributed by atoms with E-state index in [-0.39, 0.29) is 16.6 Å². The van der Waals surface area contributed by atoms with E-state index in [1.807, 2.05) is 11.6 Å². The molecule has 120 valence electrons. The van der Waals surface area contributed by atoms with Crippen LogP contribution in [0.15, 0.2) is 18.5 Å². The fourth-order valence-electron chi connectivity index (χ4n) is 2.17. The highest BCUT2D eigenvalue weighted by Crippen LogP contribution is 2.28. The van der Waals surface area contributed by atoms with Gasteiger partial charge < -0.3 is 5.32 Å². The Balaban J connectivity index is 2.13. The standard InChI is InChI=1S/C15H19Cl2FN4/c1-9(10-5-13(18)12(17)6-11(10)16)19-7-14-20-8-21-22(14)15(2,3)4/h5-6,8-9,19H,7H2,1-4H3. The zero-order chi connectivity index (χ0) is 16.5. The molecule has 0 saturated heterocycles. The minimum absolute atomic E-state index is 0.0217. The lowest BCUT2D eigenvalue weighted by Crippen LogP contribution is -2.29. The lowest BCUT2D eigenvalue weighted by atomic mass is 10.1. The highest BCUT2D eigenvalue weighted by atomic mass is 35.5. The average Bonchev–Trinajstić information content (AvgIpc) is 2.88. The van der Waals surface area contributed by atoms with E-state index in [0.29, 0.717) is 17.1 Å². The molecule has 1 unspecified atom stereocenters. The van der Waals surface area contributed by atoms with Crippen LogP contribution in [-0.2, 0) is 12.1 Å². The van der Waals surface area contributed by atoms with E-state index in [4.69, 9.17) is 23.2 Å². The molecule has 1 aromatic heterocycles. The fourth-order valence-corrected chi connectivity index (χ4v) is 2.72. The van der Waals surface area contributed by atoms with Gasteiger partial charge in [0.05, 0.1) is 17.1 Å². The summed E-state index contributed by atoms with van der Waals surface area (Å²) in [6, 6.07) is 2.63. The maximum Gasteiger partial charge on any atom is 0.142 e. The lowest BCUT2D eigenvalue weighted by molar-refractivity contribution is 0.335. The summed E-state index contributed by atoms with van der Waals surface area (Å²) in [7, 11) is 0. The molecule has 0 aliphatic rings. The number of nitrogens with zero attached hydrogens (tertiary/aromatic N) is 3. The molecule has 0 amide bonds. The Bertz CT molecular complexity index is 664. The van der Waals surface area contributed by atoms with Crippen molar-refractivity contribution in [2.45, 2.75) is 45.8 Å². The number of aromatic nitrogens is 3. The molecule has 0 saturated carbocycles. The molecule has 1 atom stereocenters. The first-order valence-corrected chi connectivity index (χ1v) is 7.73. The molecule has 1 heterocycles. The Morgan fingerprint density at radius 3 is 2.59 bits per heavy atom. The van der Waals surface area contributed by atoms with Crippen LogP contribution in [0.5, 0.6) is 0 Å². The molecule has 7 heteroatoms. The molecule has 1 aromatic carbocycles. The Hall–Kier alpha value is -1.17. The molecule has 0 bridgehead atoms. The maximum atomic E-state index is 13.6. The largest absolute Gasteiger partial charge is 0.303 e. The van der Waals surface area contributed by atoms with Crippen LogP contribution in [0.25, 0.3) is 0 Å². The minimum atomic E-state index is -0.479. The topological polar surface area (TPSA) is 42.7 Å². The molecule has 1 N–H and O–H groups in total. The predicted octanol–water partition coefficient (Wildman–Crippen LogP) is 4.33. The van der Waals surface area contributed by atoms with Gasteiger partial charge in [-0.2, -0.15) is 5.10 Å². The van der Waals surface area contributed by atoms with Gasteiger partial charge in [0.2, 0.25) is 0 Å². The molecular weight excluding hydrogens is 326 g/mol. The van der Waals surface area contributed by atoms with Gasteiger partial charge in [-0.05, 0) is 45.4 Å². The van der Waals surface area contributed by atoms with Crippen LogP contribution in [0.1, 0.15) is 45.1 Å². The summed E-state index contributed by atoms with van der Waals surface area (Å²) in [6.07, 6.45) is 1.53. The van der Waals surface area contributed by atoms with Crippen molar-refractivity contribution in [2.24, 2.45) is 0 Å². The number of hydrogen-bond donors (Lipinski definition) is 1. The van der Waals surface area contributed by atoms with Gasteiger partial charge in [-0.1, -0.05) is 23.2 Å². The van der Waals surface area contributed by atoms with Crippen molar-refractivity contribution in [3.63, 3.8) is 0 Å². The number of benzene rings is 1. The zero-order valence-electron chi connectivity index (χ0n) is 13.0. The predicted molar refractivity (Wildman–Crippen MR) is 86.7 cm³/mol. The highest BCUT2D eigenvalue weighted by Gasteiger charge is 2.19. The van der Waals surface area contributed by atoms with Gasteiger partial charge in [-0.15, -0.1) is 0 Å². The van der Waals surface area contributed by atoms with Gasteiger partial charge >= 0.3 is 0 Å².